The molecule has 8 heteroatoms. The van der Waals surface area contributed by atoms with Crippen molar-refractivity contribution in [3.63, 3.8) is 0 Å². The van der Waals surface area contributed by atoms with Crippen LogP contribution in [-0.2, 0) is 16.8 Å². The van der Waals surface area contributed by atoms with E-state index < -0.39 is 0 Å². The van der Waals surface area contributed by atoms with Crippen LogP contribution in [0.3, 0.4) is 0 Å². The van der Waals surface area contributed by atoms with E-state index in [4.69, 9.17) is 0 Å². The average molecular weight is 387 g/mol. The van der Waals surface area contributed by atoms with Crippen molar-refractivity contribution in [2.24, 2.45) is 0 Å². The fraction of sp³-hybridized carbons (Fsp3) is 0.421. The lowest BCUT2D eigenvalue weighted by Crippen LogP contribution is -2.33. The molecule has 3 aromatic rings. The molecule has 27 heavy (non-hydrogen) atoms. The zero-order chi connectivity index (χ0) is 19.2. The first kappa shape index (κ1) is 17.9. The molecule has 1 atom stereocenters. The maximum atomic E-state index is 13.0. The highest BCUT2D eigenvalue weighted by molar-refractivity contribution is 7.20. The summed E-state index contributed by atoms with van der Waals surface area (Å²) in [5.74, 6) is -0.225. The number of hydrogen-bond donors (Lipinski definition) is 1. The van der Waals surface area contributed by atoms with Crippen LogP contribution in [0, 0.1) is 5.82 Å². The molecule has 1 aliphatic rings. The highest BCUT2D eigenvalue weighted by Gasteiger charge is 2.32. The number of amides is 1. The highest BCUT2D eigenvalue weighted by atomic mass is 32.1. The Bertz CT molecular complexity index is 941. The average Bonchev–Trinajstić information content (AvgIpc) is 3.25. The smallest absolute Gasteiger partial charge is 0.245 e. The van der Waals surface area contributed by atoms with Gasteiger partial charge in [-0.3, -0.25) is 4.79 Å². The second-order valence-electron chi connectivity index (χ2n) is 7.88. The molecule has 1 saturated heterocycles. The van der Waals surface area contributed by atoms with Gasteiger partial charge in [0.05, 0.1) is 11.9 Å². The summed E-state index contributed by atoms with van der Waals surface area (Å²) >= 11 is 1.45. The van der Waals surface area contributed by atoms with Gasteiger partial charge in [0.1, 0.15) is 11.9 Å². The van der Waals surface area contributed by atoms with E-state index in [0.29, 0.717) is 18.2 Å². The second-order valence-corrected chi connectivity index (χ2v) is 8.84. The van der Waals surface area contributed by atoms with Crippen molar-refractivity contribution in [2.75, 3.05) is 11.9 Å². The molecule has 142 valence electrons. The predicted molar refractivity (Wildman–Crippen MR) is 103 cm³/mol. The minimum absolute atomic E-state index is 0.0245. The largest absolute Gasteiger partial charge is 0.348 e. The van der Waals surface area contributed by atoms with E-state index >= 15 is 0 Å². The van der Waals surface area contributed by atoms with Crippen LogP contribution in [0.25, 0.3) is 4.96 Å². The molecular formula is C19H22FN5OS. The van der Waals surface area contributed by atoms with Gasteiger partial charge >= 0.3 is 0 Å². The maximum absolute atomic E-state index is 13.0. The Hall–Kier alpha value is -2.48. The first-order chi connectivity index (χ1) is 12.8. The van der Waals surface area contributed by atoms with Gasteiger partial charge in [0.15, 0.2) is 0 Å². The van der Waals surface area contributed by atoms with Crippen LogP contribution in [0.15, 0.2) is 30.5 Å². The number of nitrogens with zero attached hydrogens (tertiary/aromatic N) is 4. The van der Waals surface area contributed by atoms with Gasteiger partial charge in [0.25, 0.3) is 0 Å². The van der Waals surface area contributed by atoms with Gasteiger partial charge in [0.2, 0.25) is 16.0 Å². The van der Waals surface area contributed by atoms with Crippen LogP contribution in [-0.4, -0.2) is 38.0 Å². The number of hydrogen-bond acceptors (Lipinski definition) is 5. The topological polar surface area (TPSA) is 62.5 Å². The van der Waals surface area contributed by atoms with E-state index in [2.05, 4.69) is 36.2 Å². The van der Waals surface area contributed by atoms with Gasteiger partial charge in [0, 0.05) is 18.5 Å². The monoisotopic (exact) mass is 387 g/mol. The van der Waals surface area contributed by atoms with E-state index in [9.17, 15) is 9.18 Å². The number of imidazole rings is 1. The molecule has 3 heterocycles. The third-order valence-electron chi connectivity index (χ3n) is 4.69. The summed E-state index contributed by atoms with van der Waals surface area (Å²) in [6.45, 7) is 7.51. The third kappa shape index (κ3) is 3.66. The molecule has 0 radical (unpaired) electrons. The van der Waals surface area contributed by atoms with E-state index in [1.165, 1.54) is 23.5 Å². The number of likely N-dealkylation sites (tertiary alicyclic amines) is 1. The lowest BCUT2D eigenvalue weighted by molar-refractivity contribution is -0.128. The molecule has 1 N–H and O–H groups in total. The number of aromatic nitrogens is 3. The van der Waals surface area contributed by atoms with E-state index in [-0.39, 0.29) is 23.2 Å². The van der Waals surface area contributed by atoms with Crippen LogP contribution in [0.4, 0.5) is 9.52 Å². The summed E-state index contributed by atoms with van der Waals surface area (Å²) in [7, 11) is 0. The Kier molecular flexibility index (Phi) is 4.38. The lowest BCUT2D eigenvalue weighted by atomic mass is 9.93. The standard InChI is InChI=1S/C19H22FN5OS/c1-19(2,3)15-11-25-18(22-15)27-17(23-25)21-14-8-9-24(16(14)26)10-12-4-6-13(20)7-5-12/h4-7,11,14H,8-10H2,1-3H3,(H,21,23). The van der Waals surface area contributed by atoms with Gasteiger partial charge in [-0.15, -0.1) is 5.10 Å². The quantitative estimate of drug-likeness (QED) is 0.745. The first-order valence-electron chi connectivity index (χ1n) is 8.96. The Morgan fingerprint density at radius 3 is 2.70 bits per heavy atom. The summed E-state index contributed by atoms with van der Waals surface area (Å²) in [5, 5.41) is 8.45. The molecule has 2 aromatic heterocycles. The molecular weight excluding hydrogens is 365 g/mol. The number of rotatable bonds is 4. The second kappa shape index (κ2) is 6.60. The maximum Gasteiger partial charge on any atom is 0.245 e. The SMILES string of the molecule is CC(C)(C)c1cn2nc(NC3CCN(Cc4ccc(F)cc4)C3=O)sc2n1. The number of benzene rings is 1. The Labute approximate surface area is 161 Å². The summed E-state index contributed by atoms with van der Waals surface area (Å²) in [6, 6.07) is 5.98. The number of nitrogens with one attached hydrogen (secondary N) is 1. The fourth-order valence-corrected chi connectivity index (χ4v) is 3.94. The van der Waals surface area contributed by atoms with Crippen molar-refractivity contribution in [3.8, 4) is 0 Å². The molecule has 1 aromatic carbocycles. The lowest BCUT2D eigenvalue weighted by Gasteiger charge is -2.17. The summed E-state index contributed by atoms with van der Waals surface area (Å²) in [5.41, 5.74) is 1.89. The molecule has 0 aliphatic carbocycles. The van der Waals surface area contributed by atoms with Gasteiger partial charge in [-0.2, -0.15) is 0 Å². The van der Waals surface area contributed by atoms with Crippen molar-refractivity contribution in [1.29, 1.82) is 0 Å². The molecule has 0 bridgehead atoms. The van der Waals surface area contributed by atoms with Crippen LogP contribution in [0.5, 0.6) is 0 Å². The predicted octanol–water partition coefficient (Wildman–Crippen LogP) is 3.44. The van der Waals surface area contributed by atoms with Crippen LogP contribution in [0.2, 0.25) is 0 Å². The minimum Gasteiger partial charge on any atom is -0.348 e. The third-order valence-corrected chi connectivity index (χ3v) is 5.55. The summed E-state index contributed by atoms with van der Waals surface area (Å²) in [4.78, 5) is 19.9. The molecule has 1 unspecified atom stereocenters. The zero-order valence-corrected chi connectivity index (χ0v) is 16.4. The van der Waals surface area contributed by atoms with Crippen molar-refractivity contribution in [2.45, 2.75) is 45.2 Å². The van der Waals surface area contributed by atoms with Crippen LogP contribution >= 0.6 is 11.3 Å². The van der Waals surface area contributed by atoms with Crippen molar-refractivity contribution in [3.05, 3.63) is 47.5 Å². The zero-order valence-electron chi connectivity index (χ0n) is 15.6. The van der Waals surface area contributed by atoms with Crippen LogP contribution in [0.1, 0.15) is 38.4 Å². The molecule has 0 saturated carbocycles. The van der Waals surface area contributed by atoms with Crippen molar-refractivity contribution < 1.29 is 9.18 Å². The number of carbonyl (C=O) groups excluding carboxylic acids is 1. The van der Waals surface area contributed by atoms with Crippen LogP contribution < -0.4 is 5.32 Å². The molecule has 0 spiro atoms. The summed E-state index contributed by atoms with van der Waals surface area (Å²) < 4.78 is 14.8. The number of anilines is 1. The van der Waals surface area contributed by atoms with E-state index in [1.54, 1.807) is 21.5 Å². The van der Waals surface area contributed by atoms with Crippen molar-refractivity contribution in [1.82, 2.24) is 19.5 Å². The summed E-state index contributed by atoms with van der Waals surface area (Å²) in [6.07, 6.45) is 2.66. The molecule has 1 aliphatic heterocycles. The highest BCUT2D eigenvalue weighted by Crippen LogP contribution is 2.27. The number of carbonyl (C=O) groups is 1. The Balaban J connectivity index is 1.42. The molecule has 6 nitrogen and oxygen atoms in total. The van der Waals surface area contributed by atoms with Gasteiger partial charge in [-0.25, -0.2) is 13.9 Å². The molecule has 1 amide bonds. The Morgan fingerprint density at radius 2 is 2.04 bits per heavy atom. The molecule has 4 rings (SSSR count). The van der Waals surface area contributed by atoms with Gasteiger partial charge in [-0.1, -0.05) is 44.2 Å². The first-order valence-corrected chi connectivity index (χ1v) is 9.78. The normalized spacial score (nSPS) is 17.9. The number of fused-ring (bicyclic) bond motifs is 1. The van der Waals surface area contributed by atoms with Crippen molar-refractivity contribution >= 4 is 27.3 Å². The minimum atomic E-state index is -0.289. The van der Waals surface area contributed by atoms with E-state index in [1.807, 2.05) is 6.20 Å². The van der Waals surface area contributed by atoms with Gasteiger partial charge < -0.3 is 10.2 Å². The van der Waals surface area contributed by atoms with E-state index in [0.717, 1.165) is 22.6 Å². The fourth-order valence-electron chi connectivity index (χ4n) is 3.11. The molecule has 1 fully saturated rings. The Morgan fingerprint density at radius 1 is 1.30 bits per heavy atom. The number of halogens is 1. The van der Waals surface area contributed by atoms with Gasteiger partial charge in [-0.05, 0) is 24.1 Å².